The molecule has 0 saturated heterocycles. The van der Waals surface area contributed by atoms with Crippen LogP contribution < -0.4 is 15.6 Å². The molecule has 0 amide bonds. The Bertz CT molecular complexity index is 1350. The number of primary sulfonamides is 1. The summed E-state index contributed by atoms with van der Waals surface area (Å²) < 4.78 is 31.5. The minimum atomic E-state index is -3.70. The van der Waals surface area contributed by atoms with Gasteiger partial charge in [0.05, 0.1) is 19.3 Å². The van der Waals surface area contributed by atoms with Crippen molar-refractivity contribution in [3.63, 3.8) is 0 Å². The highest BCUT2D eigenvalue weighted by atomic mass is 32.2. The molecule has 8 nitrogen and oxygen atoms in total. The average molecular weight is 541 g/mol. The van der Waals surface area contributed by atoms with E-state index >= 15 is 0 Å². The van der Waals surface area contributed by atoms with Crippen LogP contribution in [0, 0.1) is 0 Å². The van der Waals surface area contributed by atoms with Gasteiger partial charge in [-0.05, 0) is 47.9 Å². The van der Waals surface area contributed by atoms with Crippen molar-refractivity contribution in [3.8, 4) is 5.88 Å². The maximum Gasteiger partial charge on any atom is 0.221 e. The number of hydrogen-bond donors (Lipinski definition) is 2. The molecule has 0 spiro atoms. The van der Waals surface area contributed by atoms with Gasteiger partial charge in [0.2, 0.25) is 15.9 Å². The summed E-state index contributed by atoms with van der Waals surface area (Å²) in [7, 11) is 0.537. The summed E-state index contributed by atoms with van der Waals surface area (Å²) in [6.45, 7) is 4.95. The van der Waals surface area contributed by atoms with Crippen molar-refractivity contribution in [1.82, 2.24) is 9.88 Å². The van der Waals surface area contributed by atoms with Crippen molar-refractivity contribution in [2.24, 2.45) is 10.9 Å². The van der Waals surface area contributed by atoms with Gasteiger partial charge < -0.3 is 15.0 Å². The molecule has 0 bridgehead atoms. The SMILES string of the molecule is CCCCc1cc2ccccc2c(OCC[N+](C)(C)CC(N)N2Cc3ccccc3CC(S(N)(=O)=O)C2)n1. The fraction of sp³-hybridized carbons (Fsp3) is 0.483. The van der Waals surface area contributed by atoms with Gasteiger partial charge >= 0.3 is 0 Å². The summed E-state index contributed by atoms with van der Waals surface area (Å²) >= 11 is 0. The number of fused-ring (bicyclic) bond motifs is 2. The van der Waals surface area contributed by atoms with Crippen molar-refractivity contribution >= 4 is 20.8 Å². The number of hydrogen-bond acceptors (Lipinski definition) is 6. The number of unbranched alkanes of at least 4 members (excludes halogenated alkanes) is 1. The molecule has 0 saturated carbocycles. The first-order chi connectivity index (χ1) is 18.1. The lowest BCUT2D eigenvalue weighted by atomic mass is 10.0. The van der Waals surface area contributed by atoms with Gasteiger partial charge in [-0.2, -0.15) is 0 Å². The molecule has 38 heavy (non-hydrogen) atoms. The standard InChI is InChI=1S/C29H42N5O3S/c1-4-5-13-25-17-23-11-8-9-14-27(23)29(32-25)37-16-15-34(2,3)21-28(30)33-19-24-12-7-6-10-22(24)18-26(20-33)38(31,35)36/h6-12,14,17,26,28H,4-5,13,15-16,18-21,30H2,1-3H3,(H2,31,35,36)/q+1. The van der Waals surface area contributed by atoms with Crippen LogP contribution in [0.25, 0.3) is 10.8 Å². The van der Waals surface area contributed by atoms with Gasteiger partial charge in [-0.25, -0.2) is 18.5 Å². The first kappa shape index (κ1) is 28.4. The van der Waals surface area contributed by atoms with E-state index in [9.17, 15) is 8.42 Å². The van der Waals surface area contributed by atoms with E-state index in [1.165, 1.54) is 0 Å². The number of quaternary nitrogens is 1. The van der Waals surface area contributed by atoms with Crippen LogP contribution in [0.15, 0.2) is 54.6 Å². The van der Waals surface area contributed by atoms with Gasteiger partial charge in [0.1, 0.15) is 25.9 Å². The zero-order chi connectivity index (χ0) is 27.3. The summed E-state index contributed by atoms with van der Waals surface area (Å²) in [6.07, 6.45) is 3.23. The van der Waals surface area contributed by atoms with Crippen LogP contribution in [0.4, 0.5) is 0 Å². The second-order valence-corrected chi connectivity index (χ2v) is 13.0. The topological polar surface area (TPSA) is 112 Å². The van der Waals surface area contributed by atoms with E-state index in [0.29, 0.717) is 43.0 Å². The van der Waals surface area contributed by atoms with E-state index in [0.717, 1.165) is 53.4 Å². The number of benzene rings is 2. The molecule has 0 aliphatic carbocycles. The number of aromatic nitrogens is 1. The van der Waals surface area contributed by atoms with Crippen LogP contribution in [0.2, 0.25) is 0 Å². The summed E-state index contributed by atoms with van der Waals surface area (Å²) in [6, 6.07) is 18.3. The number of sulfonamides is 1. The van der Waals surface area contributed by atoms with E-state index in [1.54, 1.807) is 0 Å². The lowest BCUT2D eigenvalue weighted by Gasteiger charge is -2.37. The van der Waals surface area contributed by atoms with Gasteiger partial charge in [-0.1, -0.05) is 55.8 Å². The minimum Gasteiger partial charge on any atom is -0.471 e. The predicted octanol–water partition coefficient (Wildman–Crippen LogP) is 3.03. The van der Waals surface area contributed by atoms with E-state index < -0.39 is 15.3 Å². The molecule has 2 atom stereocenters. The van der Waals surface area contributed by atoms with Crippen molar-refractivity contribution < 1.29 is 17.6 Å². The molecule has 3 aromatic rings. The lowest BCUT2D eigenvalue weighted by molar-refractivity contribution is -0.892. The van der Waals surface area contributed by atoms with Crippen LogP contribution in [-0.4, -0.2) is 74.5 Å². The Hall–Kier alpha value is -2.56. The van der Waals surface area contributed by atoms with Gasteiger partial charge in [-0.3, -0.25) is 4.90 Å². The molecule has 9 heteroatoms. The lowest BCUT2D eigenvalue weighted by Crippen LogP contribution is -2.57. The number of aryl methyl sites for hydroxylation is 1. The monoisotopic (exact) mass is 540 g/mol. The molecular weight excluding hydrogens is 498 g/mol. The fourth-order valence-electron chi connectivity index (χ4n) is 5.16. The third-order valence-electron chi connectivity index (χ3n) is 7.47. The molecule has 2 unspecified atom stereocenters. The Morgan fingerprint density at radius 2 is 1.84 bits per heavy atom. The van der Waals surface area contributed by atoms with Gasteiger partial charge in [-0.15, -0.1) is 0 Å². The Balaban J connectivity index is 1.42. The summed E-state index contributed by atoms with van der Waals surface area (Å²) in [5.74, 6) is 0.679. The van der Waals surface area contributed by atoms with Gasteiger partial charge in [0.15, 0.2) is 0 Å². The van der Waals surface area contributed by atoms with E-state index in [4.69, 9.17) is 20.6 Å². The normalized spacial score (nSPS) is 17.7. The molecule has 2 aromatic carbocycles. The maximum absolute atomic E-state index is 12.3. The smallest absolute Gasteiger partial charge is 0.221 e. The number of pyridine rings is 1. The first-order valence-electron chi connectivity index (χ1n) is 13.5. The van der Waals surface area contributed by atoms with E-state index in [2.05, 4.69) is 39.2 Å². The third-order valence-corrected chi connectivity index (χ3v) is 8.72. The first-order valence-corrected chi connectivity index (χ1v) is 15.1. The highest BCUT2D eigenvalue weighted by Crippen LogP contribution is 2.26. The quantitative estimate of drug-likeness (QED) is 0.362. The molecule has 4 N–H and O–H groups in total. The Labute approximate surface area is 227 Å². The number of nitrogens with two attached hydrogens (primary N) is 2. The van der Waals surface area contributed by atoms with Crippen molar-refractivity contribution in [1.29, 1.82) is 0 Å². The Morgan fingerprint density at radius 3 is 2.58 bits per heavy atom. The fourth-order valence-corrected chi connectivity index (χ4v) is 5.97. The number of likely N-dealkylation sites (N-methyl/N-ethyl adjacent to an activating group) is 1. The van der Waals surface area contributed by atoms with Crippen molar-refractivity contribution in [2.75, 3.05) is 40.3 Å². The van der Waals surface area contributed by atoms with Crippen LogP contribution >= 0.6 is 0 Å². The number of rotatable bonds is 11. The average Bonchev–Trinajstić information content (AvgIpc) is 3.07. The van der Waals surface area contributed by atoms with Gasteiger partial charge in [0.25, 0.3) is 0 Å². The Kier molecular flexibility index (Phi) is 9.05. The highest BCUT2D eigenvalue weighted by molar-refractivity contribution is 7.89. The van der Waals surface area contributed by atoms with Crippen LogP contribution in [0.5, 0.6) is 5.88 Å². The molecule has 0 radical (unpaired) electrons. The number of ether oxygens (including phenoxy) is 1. The third kappa shape index (κ3) is 7.30. The minimum absolute atomic E-state index is 0.311. The second kappa shape index (κ2) is 12.1. The van der Waals surface area contributed by atoms with E-state index in [1.807, 2.05) is 41.3 Å². The van der Waals surface area contributed by atoms with E-state index in [-0.39, 0.29) is 6.17 Å². The van der Waals surface area contributed by atoms with Crippen LogP contribution in [-0.2, 0) is 29.4 Å². The molecule has 206 valence electrons. The second-order valence-electron chi connectivity index (χ2n) is 11.1. The summed E-state index contributed by atoms with van der Waals surface area (Å²) in [5.41, 5.74) is 9.89. The highest BCUT2D eigenvalue weighted by Gasteiger charge is 2.33. The Morgan fingerprint density at radius 1 is 1.13 bits per heavy atom. The maximum atomic E-state index is 12.3. The van der Waals surface area contributed by atoms with Gasteiger partial charge in [0, 0.05) is 24.2 Å². The molecule has 1 aliphatic heterocycles. The van der Waals surface area contributed by atoms with Crippen LogP contribution in [0.1, 0.15) is 36.6 Å². The zero-order valence-electron chi connectivity index (χ0n) is 22.8. The molecule has 1 aliphatic rings. The summed E-state index contributed by atoms with van der Waals surface area (Å²) in [5, 5.41) is 7.08. The predicted molar refractivity (Wildman–Crippen MR) is 153 cm³/mol. The molecule has 1 aromatic heterocycles. The zero-order valence-corrected chi connectivity index (χ0v) is 23.7. The molecule has 2 heterocycles. The molecule has 0 fully saturated rings. The van der Waals surface area contributed by atoms with Crippen molar-refractivity contribution in [3.05, 3.63) is 71.4 Å². The molecular formula is C29H42N5O3S+. The molecule has 4 rings (SSSR count). The number of nitrogens with zero attached hydrogens (tertiary/aromatic N) is 3. The largest absolute Gasteiger partial charge is 0.471 e. The van der Waals surface area contributed by atoms with Crippen LogP contribution in [0.3, 0.4) is 0 Å². The van der Waals surface area contributed by atoms with Crippen molar-refractivity contribution in [2.45, 2.75) is 50.6 Å². The summed E-state index contributed by atoms with van der Waals surface area (Å²) in [4.78, 5) is 6.87.